The van der Waals surface area contributed by atoms with Crippen molar-refractivity contribution in [2.75, 3.05) is 5.73 Å². The third kappa shape index (κ3) is 3.11. The Hall–Kier alpha value is -1.33. The lowest BCUT2D eigenvalue weighted by molar-refractivity contribution is 0.101. The molecule has 18 heavy (non-hydrogen) atoms. The number of ketones is 1. The zero-order chi connectivity index (χ0) is 13.1. The van der Waals surface area contributed by atoms with Gasteiger partial charge in [0.05, 0.1) is 0 Å². The molecule has 1 heterocycles. The van der Waals surface area contributed by atoms with Crippen molar-refractivity contribution < 1.29 is 4.79 Å². The highest BCUT2D eigenvalue weighted by Crippen LogP contribution is 2.29. The minimum absolute atomic E-state index is 0.0290. The number of carbonyl (C=O) groups is 1. The van der Waals surface area contributed by atoms with E-state index in [2.05, 4.69) is 20.9 Å². The van der Waals surface area contributed by atoms with Gasteiger partial charge in [-0.15, -0.1) is 0 Å². The summed E-state index contributed by atoms with van der Waals surface area (Å²) in [5.41, 5.74) is 6.81. The van der Waals surface area contributed by atoms with Gasteiger partial charge in [0.2, 0.25) is 0 Å². The fraction of sp³-hybridized carbons (Fsp3) is 0.0769. The van der Waals surface area contributed by atoms with Gasteiger partial charge in [-0.1, -0.05) is 11.8 Å². The summed E-state index contributed by atoms with van der Waals surface area (Å²) in [4.78, 5) is 16.6. The molecule has 0 aliphatic carbocycles. The second kappa shape index (κ2) is 5.54. The second-order valence-electron chi connectivity index (χ2n) is 3.72. The third-order valence-corrected chi connectivity index (χ3v) is 3.74. The molecular weight excluding hydrogens is 312 g/mol. The van der Waals surface area contributed by atoms with Crippen LogP contribution in [-0.2, 0) is 0 Å². The fourth-order valence-electron chi connectivity index (χ4n) is 1.45. The van der Waals surface area contributed by atoms with Crippen LogP contribution in [0.4, 0.5) is 5.69 Å². The van der Waals surface area contributed by atoms with Crippen LogP contribution in [0.3, 0.4) is 0 Å². The van der Waals surface area contributed by atoms with Crippen molar-refractivity contribution in [2.45, 2.75) is 16.8 Å². The van der Waals surface area contributed by atoms with Crippen molar-refractivity contribution in [2.24, 2.45) is 0 Å². The standard InChI is InChI=1S/C13H11BrN2OS/c1-8(17)11-6-10(3-4-12(11)15)18-13-5-2-9(14)7-16-13/h2-7H,15H2,1H3. The lowest BCUT2D eigenvalue weighted by Gasteiger charge is -2.05. The minimum atomic E-state index is -0.0290. The van der Waals surface area contributed by atoms with E-state index in [1.54, 1.807) is 18.3 Å². The zero-order valence-electron chi connectivity index (χ0n) is 9.68. The van der Waals surface area contributed by atoms with Crippen LogP contribution in [0.1, 0.15) is 17.3 Å². The molecule has 2 N–H and O–H groups in total. The van der Waals surface area contributed by atoms with Gasteiger partial charge < -0.3 is 5.73 Å². The Morgan fingerprint density at radius 2 is 2.11 bits per heavy atom. The molecular formula is C13H11BrN2OS. The molecule has 3 nitrogen and oxygen atoms in total. The number of rotatable bonds is 3. The van der Waals surface area contributed by atoms with E-state index in [1.807, 2.05) is 18.2 Å². The van der Waals surface area contributed by atoms with Crippen molar-refractivity contribution in [1.82, 2.24) is 4.98 Å². The summed E-state index contributed by atoms with van der Waals surface area (Å²) in [6.45, 7) is 1.51. The first-order valence-electron chi connectivity index (χ1n) is 5.26. The average Bonchev–Trinajstić information content (AvgIpc) is 2.34. The van der Waals surface area contributed by atoms with Gasteiger partial charge in [0, 0.05) is 26.8 Å². The second-order valence-corrected chi connectivity index (χ2v) is 5.73. The zero-order valence-corrected chi connectivity index (χ0v) is 12.1. The number of pyridine rings is 1. The Bertz CT molecular complexity index is 584. The fourth-order valence-corrected chi connectivity index (χ4v) is 2.48. The van der Waals surface area contributed by atoms with Crippen LogP contribution >= 0.6 is 27.7 Å². The van der Waals surface area contributed by atoms with Gasteiger partial charge in [-0.25, -0.2) is 4.98 Å². The first kappa shape index (κ1) is 13.1. The molecule has 0 aliphatic heterocycles. The number of halogens is 1. The lowest BCUT2D eigenvalue weighted by Crippen LogP contribution is -1.99. The first-order chi connectivity index (χ1) is 8.56. The molecule has 0 atom stereocenters. The van der Waals surface area contributed by atoms with Gasteiger partial charge in [0.15, 0.2) is 5.78 Å². The maximum Gasteiger partial charge on any atom is 0.161 e. The Kier molecular flexibility index (Phi) is 4.04. The molecule has 0 bridgehead atoms. The molecule has 0 saturated heterocycles. The molecule has 0 amide bonds. The number of nitrogens with two attached hydrogens (primary N) is 1. The van der Waals surface area contributed by atoms with Crippen LogP contribution in [-0.4, -0.2) is 10.8 Å². The molecule has 0 radical (unpaired) electrons. The van der Waals surface area contributed by atoms with E-state index < -0.39 is 0 Å². The maximum absolute atomic E-state index is 11.4. The number of aromatic nitrogens is 1. The van der Waals surface area contributed by atoms with Gasteiger partial charge in [-0.05, 0) is 53.2 Å². The van der Waals surface area contributed by atoms with Crippen LogP contribution in [0.2, 0.25) is 0 Å². The largest absolute Gasteiger partial charge is 0.398 e. The van der Waals surface area contributed by atoms with E-state index in [4.69, 9.17) is 5.73 Å². The highest BCUT2D eigenvalue weighted by Gasteiger charge is 2.07. The van der Waals surface area contributed by atoms with Gasteiger partial charge in [0.1, 0.15) is 5.03 Å². The van der Waals surface area contributed by atoms with Gasteiger partial charge in [-0.2, -0.15) is 0 Å². The van der Waals surface area contributed by atoms with Crippen molar-refractivity contribution in [3.8, 4) is 0 Å². The number of anilines is 1. The number of hydrogen-bond acceptors (Lipinski definition) is 4. The van der Waals surface area contributed by atoms with Crippen LogP contribution in [0.15, 0.2) is 50.9 Å². The number of Topliss-reactive ketones (excluding diaryl/α,β-unsaturated/α-hetero) is 1. The molecule has 1 aromatic heterocycles. The van der Waals surface area contributed by atoms with Gasteiger partial charge >= 0.3 is 0 Å². The Balaban J connectivity index is 2.27. The first-order valence-corrected chi connectivity index (χ1v) is 6.87. The lowest BCUT2D eigenvalue weighted by atomic mass is 10.1. The summed E-state index contributed by atoms with van der Waals surface area (Å²) >= 11 is 4.83. The molecule has 2 rings (SSSR count). The molecule has 0 aliphatic rings. The van der Waals surface area contributed by atoms with E-state index in [1.165, 1.54) is 18.7 Å². The molecule has 2 aromatic rings. The predicted molar refractivity (Wildman–Crippen MR) is 76.9 cm³/mol. The molecule has 92 valence electrons. The van der Waals surface area contributed by atoms with E-state index in [0.29, 0.717) is 11.3 Å². The molecule has 1 aromatic carbocycles. The van der Waals surface area contributed by atoms with Crippen molar-refractivity contribution in [1.29, 1.82) is 0 Å². The van der Waals surface area contributed by atoms with E-state index in [0.717, 1.165) is 14.4 Å². The minimum Gasteiger partial charge on any atom is -0.398 e. The van der Waals surface area contributed by atoms with E-state index >= 15 is 0 Å². The topological polar surface area (TPSA) is 56.0 Å². The van der Waals surface area contributed by atoms with Gasteiger partial charge in [0.25, 0.3) is 0 Å². The Labute approximate surface area is 118 Å². The molecule has 0 fully saturated rings. The number of nitrogen functional groups attached to an aromatic ring is 1. The summed E-state index contributed by atoms with van der Waals surface area (Å²) < 4.78 is 0.939. The highest BCUT2D eigenvalue weighted by atomic mass is 79.9. The van der Waals surface area contributed by atoms with Crippen LogP contribution in [0.25, 0.3) is 0 Å². The number of hydrogen-bond donors (Lipinski definition) is 1. The third-order valence-electron chi connectivity index (χ3n) is 2.33. The van der Waals surface area contributed by atoms with Crippen LogP contribution in [0, 0.1) is 0 Å². The number of carbonyl (C=O) groups excluding carboxylic acids is 1. The molecule has 5 heteroatoms. The molecule has 0 saturated carbocycles. The summed E-state index contributed by atoms with van der Waals surface area (Å²) in [5.74, 6) is -0.0290. The monoisotopic (exact) mass is 322 g/mol. The van der Waals surface area contributed by atoms with Gasteiger partial charge in [-0.3, -0.25) is 4.79 Å². The summed E-state index contributed by atoms with van der Waals surface area (Å²) in [6.07, 6.45) is 1.74. The Morgan fingerprint density at radius 1 is 1.33 bits per heavy atom. The smallest absolute Gasteiger partial charge is 0.161 e. The highest BCUT2D eigenvalue weighted by molar-refractivity contribution is 9.10. The average molecular weight is 323 g/mol. The predicted octanol–water partition coefficient (Wildman–Crippen LogP) is 3.78. The molecule has 0 unspecified atom stereocenters. The normalized spacial score (nSPS) is 10.3. The summed E-state index contributed by atoms with van der Waals surface area (Å²) in [6, 6.07) is 9.28. The molecule has 0 spiro atoms. The SMILES string of the molecule is CC(=O)c1cc(Sc2ccc(Br)cn2)ccc1N. The van der Waals surface area contributed by atoms with Crippen molar-refractivity contribution in [3.63, 3.8) is 0 Å². The summed E-state index contributed by atoms with van der Waals surface area (Å²) in [5, 5.41) is 0.873. The number of benzene rings is 1. The van der Waals surface area contributed by atoms with Crippen LogP contribution < -0.4 is 5.73 Å². The summed E-state index contributed by atoms with van der Waals surface area (Å²) in [7, 11) is 0. The number of nitrogens with zero attached hydrogens (tertiary/aromatic N) is 1. The van der Waals surface area contributed by atoms with E-state index in [-0.39, 0.29) is 5.78 Å². The maximum atomic E-state index is 11.4. The quantitative estimate of drug-likeness (QED) is 0.690. The van der Waals surface area contributed by atoms with Crippen LogP contribution in [0.5, 0.6) is 0 Å². The van der Waals surface area contributed by atoms with Crippen molar-refractivity contribution >= 4 is 39.2 Å². The van der Waals surface area contributed by atoms with E-state index in [9.17, 15) is 4.79 Å². The Morgan fingerprint density at radius 3 is 2.72 bits per heavy atom. The van der Waals surface area contributed by atoms with Crippen molar-refractivity contribution in [3.05, 3.63) is 46.6 Å².